The van der Waals surface area contributed by atoms with Crippen LogP contribution in [-0.2, 0) is 9.59 Å². The van der Waals surface area contributed by atoms with Gasteiger partial charge in [-0.05, 0) is 36.3 Å². The third kappa shape index (κ3) is 5.78. The van der Waals surface area contributed by atoms with Crippen molar-refractivity contribution in [1.29, 1.82) is 0 Å². The predicted molar refractivity (Wildman–Crippen MR) is 113 cm³/mol. The van der Waals surface area contributed by atoms with Crippen LogP contribution in [0.3, 0.4) is 0 Å². The standard InChI is InChI=1S/C23H33F2N3O2/c1-23(2,3)15-20(29)27-10-12-28(13-11-27)21(16-6-4-5-7-16)22(30)26-19-9-8-17(24)14-18(19)25/h8-9,14,16,21H,4-7,10-13,15H2,1-3H3,(H,26,30). The van der Waals surface area contributed by atoms with Gasteiger partial charge >= 0.3 is 0 Å². The number of amides is 2. The monoisotopic (exact) mass is 421 g/mol. The van der Waals surface area contributed by atoms with Gasteiger partial charge in [-0.1, -0.05) is 33.6 Å². The molecule has 0 bridgehead atoms. The molecule has 1 aromatic carbocycles. The molecule has 1 aliphatic heterocycles. The van der Waals surface area contributed by atoms with Gasteiger partial charge in [0, 0.05) is 38.7 Å². The highest BCUT2D eigenvalue weighted by molar-refractivity contribution is 5.95. The highest BCUT2D eigenvalue weighted by Crippen LogP contribution is 2.32. The number of anilines is 1. The predicted octanol–water partition coefficient (Wildman–Crippen LogP) is 4.04. The molecule has 2 amide bonds. The van der Waals surface area contributed by atoms with E-state index in [1.165, 1.54) is 6.07 Å². The Morgan fingerprint density at radius 3 is 2.30 bits per heavy atom. The molecule has 0 aromatic heterocycles. The van der Waals surface area contributed by atoms with Gasteiger partial charge in [0.05, 0.1) is 11.7 Å². The molecule has 1 saturated carbocycles. The molecule has 166 valence electrons. The summed E-state index contributed by atoms with van der Waals surface area (Å²) >= 11 is 0. The molecule has 1 atom stereocenters. The van der Waals surface area contributed by atoms with E-state index >= 15 is 0 Å². The molecule has 1 unspecified atom stereocenters. The fraction of sp³-hybridized carbons (Fsp3) is 0.652. The maximum absolute atomic E-state index is 14.1. The zero-order valence-electron chi connectivity index (χ0n) is 18.2. The maximum atomic E-state index is 14.1. The molecule has 2 aliphatic rings. The van der Waals surface area contributed by atoms with Gasteiger partial charge in [-0.15, -0.1) is 0 Å². The van der Waals surface area contributed by atoms with Crippen LogP contribution in [0.15, 0.2) is 18.2 Å². The summed E-state index contributed by atoms with van der Waals surface area (Å²) in [5.74, 6) is -1.33. The topological polar surface area (TPSA) is 52.7 Å². The van der Waals surface area contributed by atoms with E-state index in [1.807, 2.05) is 4.90 Å². The van der Waals surface area contributed by atoms with Gasteiger partial charge in [0.1, 0.15) is 11.6 Å². The number of piperazine rings is 1. The highest BCUT2D eigenvalue weighted by atomic mass is 19.1. The van der Waals surface area contributed by atoms with Gasteiger partial charge < -0.3 is 10.2 Å². The minimum absolute atomic E-state index is 0.00314. The van der Waals surface area contributed by atoms with Gasteiger partial charge in [0.15, 0.2) is 0 Å². The smallest absolute Gasteiger partial charge is 0.242 e. The summed E-state index contributed by atoms with van der Waals surface area (Å²) < 4.78 is 27.2. The van der Waals surface area contributed by atoms with Crippen LogP contribution >= 0.6 is 0 Å². The van der Waals surface area contributed by atoms with Gasteiger partial charge in [-0.2, -0.15) is 0 Å². The number of benzene rings is 1. The number of rotatable bonds is 5. The second-order valence-electron chi connectivity index (χ2n) is 9.76. The fourth-order valence-corrected chi connectivity index (χ4v) is 4.56. The zero-order valence-corrected chi connectivity index (χ0v) is 18.2. The van der Waals surface area contributed by atoms with Crippen LogP contribution < -0.4 is 5.32 Å². The summed E-state index contributed by atoms with van der Waals surface area (Å²) in [5.41, 5.74) is -0.0527. The summed E-state index contributed by atoms with van der Waals surface area (Å²) in [7, 11) is 0. The van der Waals surface area contributed by atoms with Crippen molar-refractivity contribution in [2.75, 3.05) is 31.5 Å². The average Bonchev–Trinajstić information content (AvgIpc) is 3.17. The lowest BCUT2D eigenvalue weighted by atomic mass is 9.91. The van der Waals surface area contributed by atoms with Crippen molar-refractivity contribution in [3.05, 3.63) is 29.8 Å². The van der Waals surface area contributed by atoms with Gasteiger partial charge in [0.2, 0.25) is 11.8 Å². The van der Waals surface area contributed by atoms with Crippen LogP contribution in [0.2, 0.25) is 0 Å². The molecule has 2 fully saturated rings. The molecule has 1 aliphatic carbocycles. The molecule has 1 heterocycles. The summed E-state index contributed by atoms with van der Waals surface area (Å²) in [6.07, 6.45) is 4.61. The number of hydrogen-bond acceptors (Lipinski definition) is 3. The van der Waals surface area contributed by atoms with Crippen molar-refractivity contribution in [1.82, 2.24) is 9.80 Å². The largest absolute Gasteiger partial charge is 0.340 e. The summed E-state index contributed by atoms with van der Waals surface area (Å²) in [5, 5.41) is 2.67. The molecule has 1 N–H and O–H groups in total. The lowest BCUT2D eigenvalue weighted by Gasteiger charge is -2.41. The fourth-order valence-electron chi connectivity index (χ4n) is 4.56. The van der Waals surface area contributed by atoms with Crippen LogP contribution in [0.5, 0.6) is 0 Å². The summed E-state index contributed by atoms with van der Waals surface area (Å²) in [6.45, 7) is 8.59. The molecule has 7 heteroatoms. The van der Waals surface area contributed by atoms with E-state index < -0.39 is 11.6 Å². The van der Waals surface area contributed by atoms with Crippen molar-refractivity contribution in [3.8, 4) is 0 Å². The first-order chi connectivity index (χ1) is 14.1. The van der Waals surface area contributed by atoms with Crippen molar-refractivity contribution >= 4 is 17.5 Å². The minimum atomic E-state index is -0.772. The molecule has 1 aromatic rings. The third-order valence-corrected chi connectivity index (χ3v) is 6.05. The Morgan fingerprint density at radius 1 is 1.10 bits per heavy atom. The van der Waals surface area contributed by atoms with Crippen LogP contribution in [0.25, 0.3) is 0 Å². The Bertz CT molecular complexity index is 764. The first-order valence-electron chi connectivity index (χ1n) is 10.9. The van der Waals surface area contributed by atoms with E-state index in [-0.39, 0.29) is 34.9 Å². The lowest BCUT2D eigenvalue weighted by Crippen LogP contribution is -2.57. The van der Waals surface area contributed by atoms with Crippen molar-refractivity contribution in [2.45, 2.75) is 58.9 Å². The normalized spacial score (nSPS) is 19.7. The van der Waals surface area contributed by atoms with Crippen LogP contribution in [0, 0.1) is 23.0 Å². The van der Waals surface area contributed by atoms with E-state index in [4.69, 9.17) is 0 Å². The average molecular weight is 422 g/mol. The quantitative estimate of drug-likeness (QED) is 0.781. The molecular formula is C23H33F2N3O2. The van der Waals surface area contributed by atoms with Gasteiger partial charge in [-0.3, -0.25) is 14.5 Å². The second kappa shape index (κ2) is 9.41. The summed E-state index contributed by atoms with van der Waals surface area (Å²) in [4.78, 5) is 29.7. The van der Waals surface area contributed by atoms with Gasteiger partial charge in [0.25, 0.3) is 0 Å². The van der Waals surface area contributed by atoms with Crippen LogP contribution in [-0.4, -0.2) is 53.8 Å². The molecule has 30 heavy (non-hydrogen) atoms. The van der Waals surface area contributed by atoms with Crippen molar-refractivity contribution < 1.29 is 18.4 Å². The van der Waals surface area contributed by atoms with Crippen LogP contribution in [0.4, 0.5) is 14.5 Å². The first kappa shape index (κ1) is 22.7. The van der Waals surface area contributed by atoms with E-state index in [9.17, 15) is 18.4 Å². The molecule has 5 nitrogen and oxygen atoms in total. The van der Waals surface area contributed by atoms with E-state index in [2.05, 4.69) is 31.0 Å². The highest BCUT2D eigenvalue weighted by Gasteiger charge is 2.37. The van der Waals surface area contributed by atoms with E-state index in [0.29, 0.717) is 32.6 Å². The van der Waals surface area contributed by atoms with E-state index in [1.54, 1.807) is 0 Å². The zero-order chi connectivity index (χ0) is 21.9. The number of nitrogens with zero attached hydrogens (tertiary/aromatic N) is 2. The van der Waals surface area contributed by atoms with Crippen LogP contribution in [0.1, 0.15) is 52.9 Å². The second-order valence-corrected chi connectivity index (χ2v) is 9.76. The Balaban J connectivity index is 1.67. The lowest BCUT2D eigenvalue weighted by molar-refractivity contribution is -0.136. The number of hydrogen-bond donors (Lipinski definition) is 1. The number of carbonyl (C=O) groups is 2. The Labute approximate surface area is 177 Å². The molecular weight excluding hydrogens is 388 g/mol. The Kier molecular flexibility index (Phi) is 7.11. The molecule has 0 spiro atoms. The molecule has 1 saturated heterocycles. The Hall–Kier alpha value is -2.02. The third-order valence-electron chi connectivity index (χ3n) is 6.05. The molecule has 0 radical (unpaired) electrons. The van der Waals surface area contributed by atoms with Gasteiger partial charge in [-0.25, -0.2) is 8.78 Å². The number of halogens is 2. The number of carbonyl (C=O) groups excluding carboxylic acids is 2. The summed E-state index contributed by atoms with van der Waals surface area (Å²) in [6, 6.07) is 2.82. The number of nitrogens with one attached hydrogen (secondary N) is 1. The Morgan fingerprint density at radius 2 is 1.73 bits per heavy atom. The minimum Gasteiger partial charge on any atom is -0.340 e. The van der Waals surface area contributed by atoms with Crippen molar-refractivity contribution in [2.24, 2.45) is 11.3 Å². The maximum Gasteiger partial charge on any atom is 0.242 e. The van der Waals surface area contributed by atoms with Crippen molar-refractivity contribution in [3.63, 3.8) is 0 Å². The van der Waals surface area contributed by atoms with E-state index in [0.717, 1.165) is 37.8 Å². The molecule has 3 rings (SSSR count). The SMILES string of the molecule is CC(C)(C)CC(=O)N1CCN(C(C(=O)Nc2ccc(F)cc2F)C2CCCC2)CC1. The first-order valence-corrected chi connectivity index (χ1v) is 10.9.